The number of carbonyl (C=O) groups is 1. The summed E-state index contributed by atoms with van der Waals surface area (Å²) in [6, 6.07) is 0.0713. The van der Waals surface area contributed by atoms with Gasteiger partial charge < -0.3 is 21.1 Å². The first-order chi connectivity index (χ1) is 8.65. The predicted octanol–water partition coefficient (Wildman–Crippen LogP) is 1.06. The van der Waals surface area contributed by atoms with Crippen molar-refractivity contribution < 1.29 is 9.53 Å². The molecular weight excluding hydrogens is 252 g/mol. The van der Waals surface area contributed by atoms with Gasteiger partial charge in [-0.3, -0.25) is 4.79 Å². The first-order valence-corrected chi connectivity index (χ1v) is 6.75. The Bertz CT molecular complexity index is 435. The molecule has 1 aromatic heterocycles. The number of nitrogens with two attached hydrogens (primary N) is 1. The number of amides is 1. The number of nitrogens with zero attached hydrogens (tertiary/aromatic N) is 1. The monoisotopic (exact) mass is 270 g/mol. The molecule has 1 heterocycles. The van der Waals surface area contributed by atoms with Crippen LogP contribution < -0.4 is 16.4 Å². The summed E-state index contributed by atoms with van der Waals surface area (Å²) in [6.45, 7) is 0. The van der Waals surface area contributed by atoms with Crippen LogP contribution in [0.3, 0.4) is 0 Å². The van der Waals surface area contributed by atoms with Gasteiger partial charge in [0.15, 0.2) is 5.13 Å². The minimum atomic E-state index is -0.166. The van der Waals surface area contributed by atoms with Crippen molar-refractivity contribution in [3.05, 3.63) is 4.88 Å². The van der Waals surface area contributed by atoms with E-state index in [1.54, 1.807) is 14.2 Å². The van der Waals surface area contributed by atoms with Gasteiger partial charge in [0.1, 0.15) is 10.7 Å². The molecule has 2 rings (SSSR count). The van der Waals surface area contributed by atoms with Crippen LogP contribution in [0, 0.1) is 0 Å². The summed E-state index contributed by atoms with van der Waals surface area (Å²) in [5.74, 6) is 0.106. The molecule has 0 spiro atoms. The molecule has 18 heavy (non-hydrogen) atoms. The number of methoxy groups -OCH3 is 1. The normalized spacial score (nSPS) is 23.0. The number of ether oxygens (including phenoxy) is 1. The third-order valence-corrected chi connectivity index (χ3v) is 4.23. The van der Waals surface area contributed by atoms with Gasteiger partial charge in [0.2, 0.25) is 0 Å². The van der Waals surface area contributed by atoms with Crippen molar-refractivity contribution in [3.8, 4) is 0 Å². The highest BCUT2D eigenvalue weighted by Crippen LogP contribution is 2.26. The van der Waals surface area contributed by atoms with Crippen LogP contribution in [0.25, 0.3) is 0 Å². The minimum Gasteiger partial charge on any atom is -0.382 e. The Morgan fingerprint density at radius 1 is 1.56 bits per heavy atom. The van der Waals surface area contributed by atoms with E-state index in [4.69, 9.17) is 10.5 Å². The highest BCUT2D eigenvalue weighted by Gasteiger charge is 2.29. The standard InChI is InChI=1S/C11H18N4O2S/c1-13-11-15-9(12)8(18-11)10(16)14-6-4-3-5-7(6)17-2/h6-7H,3-5,12H2,1-2H3,(H,13,15)(H,14,16). The molecule has 6 nitrogen and oxygen atoms in total. The molecule has 1 aliphatic rings. The van der Waals surface area contributed by atoms with Crippen LogP contribution in [-0.2, 0) is 4.74 Å². The van der Waals surface area contributed by atoms with Crippen LogP contribution in [0.15, 0.2) is 0 Å². The van der Waals surface area contributed by atoms with Gasteiger partial charge in [-0.1, -0.05) is 11.3 Å². The number of hydrogen-bond acceptors (Lipinski definition) is 6. The van der Waals surface area contributed by atoms with E-state index in [0.717, 1.165) is 19.3 Å². The molecule has 100 valence electrons. The Balaban J connectivity index is 2.05. The van der Waals surface area contributed by atoms with Gasteiger partial charge in [0, 0.05) is 14.2 Å². The molecule has 1 amide bonds. The zero-order valence-electron chi connectivity index (χ0n) is 10.5. The number of rotatable bonds is 4. The number of hydrogen-bond donors (Lipinski definition) is 3. The molecule has 0 radical (unpaired) electrons. The summed E-state index contributed by atoms with van der Waals surface area (Å²) in [4.78, 5) is 16.6. The lowest BCUT2D eigenvalue weighted by Gasteiger charge is -2.19. The number of anilines is 2. The number of carbonyl (C=O) groups excluding carboxylic acids is 1. The lowest BCUT2D eigenvalue weighted by Crippen LogP contribution is -2.40. The zero-order valence-corrected chi connectivity index (χ0v) is 11.3. The molecule has 0 bridgehead atoms. The van der Waals surface area contributed by atoms with Crippen molar-refractivity contribution in [2.75, 3.05) is 25.2 Å². The van der Waals surface area contributed by atoms with Crippen LogP contribution in [0.2, 0.25) is 0 Å². The fourth-order valence-corrected chi connectivity index (χ4v) is 2.95. The predicted molar refractivity (Wildman–Crippen MR) is 72.0 cm³/mol. The highest BCUT2D eigenvalue weighted by atomic mass is 32.1. The molecular formula is C11H18N4O2S. The van der Waals surface area contributed by atoms with Crippen molar-refractivity contribution in [2.24, 2.45) is 0 Å². The summed E-state index contributed by atoms with van der Waals surface area (Å²) in [7, 11) is 3.42. The second-order valence-corrected chi connectivity index (χ2v) is 5.27. The first-order valence-electron chi connectivity index (χ1n) is 5.93. The van der Waals surface area contributed by atoms with Crippen LogP contribution >= 0.6 is 11.3 Å². The molecule has 1 fully saturated rings. The van der Waals surface area contributed by atoms with E-state index in [0.29, 0.717) is 10.0 Å². The fourth-order valence-electron chi connectivity index (χ4n) is 2.21. The van der Waals surface area contributed by atoms with Gasteiger partial charge in [-0.05, 0) is 19.3 Å². The summed E-state index contributed by atoms with van der Waals surface area (Å²) >= 11 is 1.26. The molecule has 1 aliphatic carbocycles. The largest absolute Gasteiger partial charge is 0.382 e. The summed E-state index contributed by atoms with van der Waals surface area (Å²) in [5, 5.41) is 6.50. The molecule has 7 heteroatoms. The molecule has 0 aromatic carbocycles. The lowest BCUT2D eigenvalue weighted by atomic mass is 10.2. The maximum atomic E-state index is 12.1. The number of nitrogens with one attached hydrogen (secondary N) is 2. The summed E-state index contributed by atoms with van der Waals surface area (Å²) in [5.41, 5.74) is 5.73. The quantitative estimate of drug-likeness (QED) is 0.761. The lowest BCUT2D eigenvalue weighted by molar-refractivity contribution is 0.0725. The topological polar surface area (TPSA) is 89.3 Å². The second kappa shape index (κ2) is 5.53. The van der Waals surface area contributed by atoms with Gasteiger partial charge in [-0.25, -0.2) is 4.98 Å². The molecule has 1 aromatic rings. The van der Waals surface area contributed by atoms with Crippen LogP contribution in [0.1, 0.15) is 28.9 Å². The van der Waals surface area contributed by atoms with Gasteiger partial charge in [-0.2, -0.15) is 0 Å². The Hall–Kier alpha value is -1.34. The van der Waals surface area contributed by atoms with Gasteiger partial charge in [-0.15, -0.1) is 0 Å². The van der Waals surface area contributed by atoms with Crippen molar-refractivity contribution in [1.82, 2.24) is 10.3 Å². The minimum absolute atomic E-state index is 0.0713. The van der Waals surface area contributed by atoms with Crippen molar-refractivity contribution in [3.63, 3.8) is 0 Å². The van der Waals surface area contributed by atoms with E-state index < -0.39 is 0 Å². The molecule has 4 N–H and O–H groups in total. The SMILES string of the molecule is CNc1nc(N)c(C(=O)NC2CCCC2OC)s1. The van der Waals surface area contributed by atoms with Crippen molar-refractivity contribution >= 4 is 28.2 Å². The molecule has 1 saturated carbocycles. The summed E-state index contributed by atoms with van der Waals surface area (Å²) < 4.78 is 5.35. The second-order valence-electron chi connectivity index (χ2n) is 4.27. The average molecular weight is 270 g/mol. The van der Waals surface area contributed by atoms with E-state index in [-0.39, 0.29) is 23.9 Å². The molecule has 2 unspecified atom stereocenters. The van der Waals surface area contributed by atoms with Gasteiger partial charge >= 0.3 is 0 Å². The summed E-state index contributed by atoms with van der Waals surface area (Å²) in [6.07, 6.45) is 3.11. The maximum absolute atomic E-state index is 12.1. The van der Waals surface area contributed by atoms with E-state index in [1.807, 2.05) is 0 Å². The van der Waals surface area contributed by atoms with E-state index >= 15 is 0 Å². The molecule has 2 atom stereocenters. The maximum Gasteiger partial charge on any atom is 0.265 e. The molecule has 0 saturated heterocycles. The molecule has 0 aliphatic heterocycles. The van der Waals surface area contributed by atoms with Crippen molar-refractivity contribution in [1.29, 1.82) is 0 Å². The Morgan fingerprint density at radius 3 is 2.94 bits per heavy atom. The Kier molecular flexibility index (Phi) is 4.03. The van der Waals surface area contributed by atoms with Crippen LogP contribution in [-0.4, -0.2) is 37.2 Å². The van der Waals surface area contributed by atoms with Crippen LogP contribution in [0.4, 0.5) is 10.9 Å². The Morgan fingerprint density at radius 2 is 2.33 bits per heavy atom. The van der Waals surface area contributed by atoms with Gasteiger partial charge in [0.25, 0.3) is 5.91 Å². The number of aromatic nitrogens is 1. The fraction of sp³-hybridized carbons (Fsp3) is 0.636. The zero-order chi connectivity index (χ0) is 13.1. The number of nitrogen functional groups attached to an aromatic ring is 1. The first kappa shape index (κ1) is 13.1. The smallest absolute Gasteiger partial charge is 0.265 e. The van der Waals surface area contributed by atoms with E-state index in [9.17, 15) is 4.79 Å². The van der Waals surface area contributed by atoms with Crippen LogP contribution in [0.5, 0.6) is 0 Å². The van der Waals surface area contributed by atoms with Gasteiger partial charge in [0.05, 0.1) is 12.1 Å². The number of thiazole rings is 1. The van der Waals surface area contributed by atoms with Crippen molar-refractivity contribution in [2.45, 2.75) is 31.4 Å². The average Bonchev–Trinajstić information content (AvgIpc) is 2.95. The highest BCUT2D eigenvalue weighted by molar-refractivity contribution is 7.18. The van der Waals surface area contributed by atoms with E-state index in [2.05, 4.69) is 15.6 Å². The third kappa shape index (κ3) is 2.56. The Labute approximate surface area is 110 Å². The van der Waals surface area contributed by atoms with E-state index in [1.165, 1.54) is 11.3 Å². The third-order valence-electron chi connectivity index (χ3n) is 3.15.